The molecule has 0 bridgehead atoms. The van der Waals surface area contributed by atoms with Gasteiger partial charge in [0.05, 0.1) is 4.90 Å². The van der Waals surface area contributed by atoms with Gasteiger partial charge in [0.25, 0.3) is 0 Å². The van der Waals surface area contributed by atoms with Gasteiger partial charge in [0.15, 0.2) is 0 Å². The molecule has 0 spiro atoms. The lowest BCUT2D eigenvalue weighted by molar-refractivity contribution is -0.119. The van der Waals surface area contributed by atoms with Crippen LogP contribution in [0.4, 0.5) is 11.4 Å². The number of carbonyl (C=O) groups excluding carboxylic acids is 2. The molecule has 2 aromatic rings. The number of nitrogens with zero attached hydrogens (tertiary/aromatic N) is 1. The van der Waals surface area contributed by atoms with Crippen LogP contribution >= 0.6 is 0 Å². The van der Waals surface area contributed by atoms with Crippen LogP contribution < -0.4 is 10.6 Å². The summed E-state index contributed by atoms with van der Waals surface area (Å²) in [7, 11) is -3.74. The molecule has 0 saturated carbocycles. The molecular weight excluding hydrogens is 378 g/mol. The number of hydrogen-bond donors (Lipinski definition) is 2. The van der Waals surface area contributed by atoms with E-state index in [0.717, 1.165) is 5.56 Å². The summed E-state index contributed by atoms with van der Waals surface area (Å²) in [5.41, 5.74) is 2.13. The predicted molar refractivity (Wildman–Crippen MR) is 107 cm³/mol. The Bertz CT molecular complexity index is 970. The van der Waals surface area contributed by atoms with E-state index in [2.05, 4.69) is 10.6 Å². The monoisotopic (exact) mass is 401 g/mol. The van der Waals surface area contributed by atoms with Gasteiger partial charge in [-0.05, 0) is 56.2 Å². The lowest BCUT2D eigenvalue weighted by Gasteiger charge is -2.23. The molecule has 1 fully saturated rings. The van der Waals surface area contributed by atoms with Crippen LogP contribution in [-0.2, 0) is 19.6 Å². The maximum absolute atomic E-state index is 13.0. The molecule has 0 aliphatic carbocycles. The molecule has 1 heterocycles. The molecule has 3 rings (SSSR count). The highest BCUT2D eigenvalue weighted by Crippen LogP contribution is 2.27. The first-order valence-electron chi connectivity index (χ1n) is 9.04. The summed E-state index contributed by atoms with van der Waals surface area (Å²) >= 11 is 0. The second-order valence-corrected chi connectivity index (χ2v) is 8.73. The van der Waals surface area contributed by atoms with E-state index in [-0.39, 0.29) is 16.7 Å². The number of amides is 2. The fraction of sp³-hybridized carbons (Fsp3) is 0.300. The molecule has 0 radical (unpaired) electrons. The van der Waals surface area contributed by atoms with Gasteiger partial charge in [-0.1, -0.05) is 17.7 Å². The predicted octanol–water partition coefficient (Wildman–Crippen LogP) is 2.75. The Hall–Kier alpha value is -2.71. The first-order valence-corrected chi connectivity index (χ1v) is 10.5. The van der Waals surface area contributed by atoms with Crippen molar-refractivity contribution >= 4 is 33.2 Å². The summed E-state index contributed by atoms with van der Waals surface area (Å²) in [6.45, 7) is 3.62. The molecule has 0 aromatic heterocycles. The van der Waals surface area contributed by atoms with E-state index in [0.29, 0.717) is 30.8 Å². The number of aryl methyl sites for hydroxylation is 1. The molecule has 1 atom stereocenters. The topological polar surface area (TPSA) is 95.6 Å². The van der Waals surface area contributed by atoms with Crippen LogP contribution in [0.15, 0.2) is 53.4 Å². The highest BCUT2D eigenvalue weighted by atomic mass is 32.2. The number of hydrogen-bond acceptors (Lipinski definition) is 4. The van der Waals surface area contributed by atoms with Crippen molar-refractivity contribution in [2.75, 3.05) is 17.2 Å². The van der Waals surface area contributed by atoms with E-state index in [1.165, 1.54) is 11.2 Å². The number of anilines is 2. The van der Waals surface area contributed by atoms with Crippen LogP contribution in [0.1, 0.15) is 25.3 Å². The molecule has 1 saturated heterocycles. The van der Waals surface area contributed by atoms with Gasteiger partial charge in [0.2, 0.25) is 21.8 Å². The standard InChI is InChI=1S/C20H23N3O4S/c1-14-5-11-18(12-6-14)28(26,27)23-13-3-4-19(23)20(25)22-17-9-7-16(8-10-17)21-15(2)24/h5-12,19H,3-4,13H2,1-2H3,(H,21,24)(H,22,25)/t19-/m1/s1. The fourth-order valence-electron chi connectivity index (χ4n) is 3.20. The van der Waals surface area contributed by atoms with Crippen LogP contribution in [0.2, 0.25) is 0 Å². The van der Waals surface area contributed by atoms with Crippen molar-refractivity contribution in [3.05, 3.63) is 54.1 Å². The Morgan fingerprint density at radius 1 is 0.964 bits per heavy atom. The SMILES string of the molecule is CC(=O)Nc1ccc(NC(=O)[C@H]2CCCN2S(=O)(=O)c2ccc(C)cc2)cc1. The third-order valence-corrected chi connectivity index (χ3v) is 6.53. The third kappa shape index (κ3) is 4.40. The van der Waals surface area contributed by atoms with Crippen molar-refractivity contribution in [3.63, 3.8) is 0 Å². The first kappa shape index (κ1) is 20.0. The van der Waals surface area contributed by atoms with Gasteiger partial charge in [-0.25, -0.2) is 8.42 Å². The van der Waals surface area contributed by atoms with E-state index in [1.807, 2.05) is 6.92 Å². The van der Waals surface area contributed by atoms with Gasteiger partial charge in [0, 0.05) is 24.8 Å². The third-order valence-electron chi connectivity index (χ3n) is 4.61. The Morgan fingerprint density at radius 3 is 2.11 bits per heavy atom. The quantitative estimate of drug-likeness (QED) is 0.805. The number of benzene rings is 2. The Balaban J connectivity index is 1.74. The zero-order chi connectivity index (χ0) is 20.3. The largest absolute Gasteiger partial charge is 0.326 e. The van der Waals surface area contributed by atoms with E-state index in [1.54, 1.807) is 48.5 Å². The Kier molecular flexibility index (Phi) is 5.81. The van der Waals surface area contributed by atoms with Crippen molar-refractivity contribution in [2.24, 2.45) is 0 Å². The molecule has 2 N–H and O–H groups in total. The number of rotatable bonds is 5. The van der Waals surface area contributed by atoms with Crippen molar-refractivity contribution in [3.8, 4) is 0 Å². The number of carbonyl (C=O) groups is 2. The van der Waals surface area contributed by atoms with Crippen molar-refractivity contribution in [2.45, 2.75) is 37.6 Å². The molecule has 7 nitrogen and oxygen atoms in total. The molecule has 28 heavy (non-hydrogen) atoms. The van der Waals surface area contributed by atoms with Gasteiger partial charge in [-0.2, -0.15) is 4.31 Å². The lowest BCUT2D eigenvalue weighted by atomic mass is 10.2. The summed E-state index contributed by atoms with van der Waals surface area (Å²) in [6, 6.07) is 12.6. The van der Waals surface area contributed by atoms with Gasteiger partial charge in [0.1, 0.15) is 6.04 Å². The molecule has 1 aliphatic rings. The minimum Gasteiger partial charge on any atom is -0.326 e. The Labute approximate surface area is 164 Å². The van der Waals surface area contributed by atoms with Crippen LogP contribution in [0.3, 0.4) is 0 Å². The summed E-state index contributed by atoms with van der Waals surface area (Å²) in [4.78, 5) is 24.0. The highest BCUT2D eigenvalue weighted by molar-refractivity contribution is 7.89. The molecule has 2 aromatic carbocycles. The summed E-state index contributed by atoms with van der Waals surface area (Å²) in [6.07, 6.45) is 1.10. The van der Waals surface area contributed by atoms with Gasteiger partial charge >= 0.3 is 0 Å². The van der Waals surface area contributed by atoms with Crippen LogP contribution in [0.25, 0.3) is 0 Å². The average Bonchev–Trinajstić information content (AvgIpc) is 3.14. The van der Waals surface area contributed by atoms with Crippen molar-refractivity contribution in [1.29, 1.82) is 0 Å². The molecule has 148 valence electrons. The molecular formula is C20H23N3O4S. The smallest absolute Gasteiger partial charge is 0.243 e. The molecule has 8 heteroatoms. The first-order chi connectivity index (χ1) is 13.3. The summed E-state index contributed by atoms with van der Waals surface area (Å²) in [5, 5.41) is 5.42. The second kappa shape index (κ2) is 8.12. The maximum Gasteiger partial charge on any atom is 0.243 e. The fourth-order valence-corrected chi connectivity index (χ4v) is 4.86. The molecule has 0 unspecified atom stereocenters. The summed E-state index contributed by atoms with van der Waals surface area (Å²) < 4.78 is 27.2. The number of sulfonamides is 1. The highest BCUT2D eigenvalue weighted by Gasteiger charge is 2.39. The van der Waals surface area contributed by atoms with E-state index < -0.39 is 16.1 Å². The summed E-state index contributed by atoms with van der Waals surface area (Å²) in [5.74, 6) is -0.542. The second-order valence-electron chi connectivity index (χ2n) is 6.83. The molecule has 2 amide bonds. The van der Waals surface area contributed by atoms with Gasteiger partial charge < -0.3 is 10.6 Å². The normalized spacial score (nSPS) is 17.3. The van der Waals surface area contributed by atoms with Crippen molar-refractivity contribution in [1.82, 2.24) is 4.31 Å². The minimum absolute atomic E-state index is 0.181. The minimum atomic E-state index is -3.74. The van der Waals surface area contributed by atoms with Crippen molar-refractivity contribution < 1.29 is 18.0 Å². The van der Waals surface area contributed by atoms with E-state index in [4.69, 9.17) is 0 Å². The maximum atomic E-state index is 13.0. The zero-order valence-electron chi connectivity index (χ0n) is 15.8. The van der Waals surface area contributed by atoms with Gasteiger partial charge in [-0.15, -0.1) is 0 Å². The number of nitrogens with one attached hydrogen (secondary N) is 2. The van der Waals surface area contributed by atoms with E-state index >= 15 is 0 Å². The Morgan fingerprint density at radius 2 is 1.54 bits per heavy atom. The molecule has 1 aliphatic heterocycles. The lowest BCUT2D eigenvalue weighted by Crippen LogP contribution is -2.43. The van der Waals surface area contributed by atoms with Gasteiger partial charge in [-0.3, -0.25) is 9.59 Å². The van der Waals surface area contributed by atoms with Crippen LogP contribution in [-0.4, -0.2) is 37.1 Å². The zero-order valence-corrected chi connectivity index (χ0v) is 16.6. The average molecular weight is 401 g/mol. The van der Waals surface area contributed by atoms with Crippen LogP contribution in [0, 0.1) is 6.92 Å². The van der Waals surface area contributed by atoms with Crippen LogP contribution in [0.5, 0.6) is 0 Å². The van der Waals surface area contributed by atoms with E-state index in [9.17, 15) is 18.0 Å².